The van der Waals surface area contributed by atoms with E-state index in [9.17, 15) is 14.7 Å². The molecule has 7 rings (SSSR count). The van der Waals surface area contributed by atoms with Gasteiger partial charge in [-0.25, -0.2) is 9.97 Å². The molecule has 0 radical (unpaired) electrons. The van der Waals surface area contributed by atoms with Gasteiger partial charge < -0.3 is 35.8 Å². The number of benzene rings is 4. The minimum Gasteiger partial charge on any atom is -0.397 e. The number of para-hydroxylation sites is 2. The highest BCUT2D eigenvalue weighted by atomic mass is 16.7. The number of carbonyl (C=O) groups is 2. The first-order valence-electron chi connectivity index (χ1n) is 20.3. The number of aromatic nitrogens is 2. The van der Waals surface area contributed by atoms with Gasteiger partial charge in [-0.3, -0.25) is 14.5 Å². The number of nitrogens with zero attached hydrogens (tertiary/aromatic N) is 4. The summed E-state index contributed by atoms with van der Waals surface area (Å²) >= 11 is 0. The monoisotopic (exact) mass is 783 g/mol. The van der Waals surface area contributed by atoms with Crippen LogP contribution in [0.4, 0.5) is 17.3 Å². The lowest BCUT2D eigenvalue weighted by atomic mass is 9.97. The van der Waals surface area contributed by atoms with Gasteiger partial charge in [0.05, 0.1) is 30.2 Å². The number of amides is 2. The third-order valence-corrected chi connectivity index (χ3v) is 10.8. The van der Waals surface area contributed by atoms with Gasteiger partial charge >= 0.3 is 0 Å². The highest BCUT2D eigenvalue weighted by Crippen LogP contribution is 2.39. The van der Waals surface area contributed by atoms with Gasteiger partial charge in [-0.05, 0) is 58.9 Å². The van der Waals surface area contributed by atoms with E-state index in [4.69, 9.17) is 15.2 Å². The number of anilines is 3. The van der Waals surface area contributed by atoms with Crippen molar-refractivity contribution in [3.05, 3.63) is 138 Å². The molecule has 0 spiro atoms. The number of aliphatic hydroxyl groups is 1. The van der Waals surface area contributed by atoms with E-state index in [0.29, 0.717) is 43.6 Å². The number of rotatable bonds is 16. The Morgan fingerprint density at radius 2 is 1.45 bits per heavy atom. The Morgan fingerprint density at radius 3 is 2.19 bits per heavy atom. The van der Waals surface area contributed by atoms with Crippen molar-refractivity contribution in [3.63, 3.8) is 0 Å². The zero-order valence-corrected chi connectivity index (χ0v) is 32.8. The summed E-state index contributed by atoms with van der Waals surface area (Å²) in [4.78, 5) is 38.6. The summed E-state index contributed by atoms with van der Waals surface area (Å²) in [5.41, 5.74) is 13.0. The summed E-state index contributed by atoms with van der Waals surface area (Å²) in [5.74, 6) is 0.676. The molecule has 12 nitrogen and oxygen atoms in total. The second-order valence-corrected chi connectivity index (χ2v) is 14.9. The van der Waals surface area contributed by atoms with Crippen LogP contribution < -0.4 is 21.3 Å². The molecule has 0 aliphatic carbocycles. The second kappa shape index (κ2) is 20.2. The van der Waals surface area contributed by atoms with E-state index in [1.54, 1.807) is 24.5 Å². The van der Waals surface area contributed by atoms with Crippen LogP contribution in [0.3, 0.4) is 0 Å². The van der Waals surface area contributed by atoms with E-state index in [0.717, 1.165) is 84.9 Å². The van der Waals surface area contributed by atoms with Crippen molar-refractivity contribution >= 4 is 29.1 Å². The maximum atomic E-state index is 12.8. The van der Waals surface area contributed by atoms with Crippen LogP contribution in [0.1, 0.15) is 73.2 Å². The average molecular weight is 784 g/mol. The number of nitrogens with two attached hydrogens (primary N) is 1. The van der Waals surface area contributed by atoms with Gasteiger partial charge in [-0.2, -0.15) is 0 Å². The number of nitrogen functional groups attached to an aromatic ring is 1. The molecule has 0 bridgehead atoms. The summed E-state index contributed by atoms with van der Waals surface area (Å²) in [6.07, 6.45) is 6.47. The Labute approximate surface area is 340 Å². The molecule has 2 fully saturated rings. The molecule has 0 saturated carbocycles. The predicted octanol–water partition coefficient (Wildman–Crippen LogP) is 6.79. The number of carbonyl (C=O) groups excluding carboxylic acids is 2. The molecule has 3 unspecified atom stereocenters. The molecule has 3 atom stereocenters. The van der Waals surface area contributed by atoms with Crippen LogP contribution in [-0.4, -0.2) is 70.6 Å². The fourth-order valence-corrected chi connectivity index (χ4v) is 7.54. The fraction of sp³-hybridized carbons (Fsp3) is 0.348. The Hall–Kier alpha value is -5.66. The standard InChI is InChI=1S/C46H53N7O5/c47-40-11-6-7-12-41(40)51-44(56)14-3-1-2-13-43(55)50-30-37-9-4-5-10-39(37)34-19-21-36(22-20-34)45-57-38(29-42(58-45)35-17-15-33(32-54)16-18-35)31-52-25-27-53(28-26-52)46-48-23-8-24-49-46/h4-12,15-24,38,42,45,54H,1-3,13-14,25-32,47H2,(H,50,55)(H,51,56). The number of nitrogens with one attached hydrogen (secondary N) is 2. The number of aliphatic hydroxyl groups excluding tert-OH is 1. The highest BCUT2D eigenvalue weighted by Gasteiger charge is 2.34. The van der Waals surface area contributed by atoms with E-state index >= 15 is 0 Å². The van der Waals surface area contributed by atoms with Crippen LogP contribution >= 0.6 is 0 Å². The minimum atomic E-state index is -0.555. The molecule has 4 aromatic carbocycles. The minimum absolute atomic E-state index is 0.00241. The van der Waals surface area contributed by atoms with Gasteiger partial charge in [-0.1, -0.05) is 91.3 Å². The Balaban J connectivity index is 0.930. The van der Waals surface area contributed by atoms with Crippen molar-refractivity contribution in [3.8, 4) is 11.1 Å². The van der Waals surface area contributed by atoms with E-state index in [1.807, 2.05) is 60.7 Å². The van der Waals surface area contributed by atoms with E-state index in [1.165, 1.54) is 0 Å². The molecule has 5 N–H and O–H groups in total. The van der Waals surface area contributed by atoms with Gasteiger partial charge in [0.1, 0.15) is 0 Å². The van der Waals surface area contributed by atoms with Gasteiger partial charge in [0, 0.05) is 76.5 Å². The number of unbranched alkanes of at least 4 members (excludes halogenated alkanes) is 2. The first-order chi connectivity index (χ1) is 28.4. The molecule has 12 heteroatoms. The van der Waals surface area contributed by atoms with Crippen molar-refractivity contribution in [2.45, 2.75) is 70.2 Å². The number of piperazine rings is 1. The molecule has 5 aromatic rings. The first-order valence-corrected chi connectivity index (χ1v) is 20.3. The van der Waals surface area contributed by atoms with Gasteiger partial charge in [0.25, 0.3) is 0 Å². The molecule has 3 heterocycles. The van der Waals surface area contributed by atoms with Crippen LogP contribution in [0.2, 0.25) is 0 Å². The number of hydrogen-bond donors (Lipinski definition) is 4. The molecule has 1 aromatic heterocycles. The molecule has 2 aliphatic rings. The van der Waals surface area contributed by atoms with Crippen molar-refractivity contribution < 1.29 is 24.2 Å². The van der Waals surface area contributed by atoms with Crippen molar-refractivity contribution in [1.29, 1.82) is 0 Å². The maximum Gasteiger partial charge on any atom is 0.225 e. The van der Waals surface area contributed by atoms with E-state index in [-0.39, 0.29) is 30.6 Å². The quantitative estimate of drug-likeness (QED) is 0.0621. The second-order valence-electron chi connectivity index (χ2n) is 14.9. The zero-order valence-electron chi connectivity index (χ0n) is 32.8. The topological polar surface area (TPSA) is 155 Å². The van der Waals surface area contributed by atoms with Crippen LogP contribution in [0.5, 0.6) is 0 Å². The van der Waals surface area contributed by atoms with E-state index < -0.39 is 6.29 Å². The smallest absolute Gasteiger partial charge is 0.225 e. The lowest BCUT2D eigenvalue weighted by Gasteiger charge is -2.40. The molecular formula is C46H53N7O5. The third kappa shape index (κ3) is 11.0. The van der Waals surface area contributed by atoms with Crippen molar-refractivity contribution in [2.75, 3.05) is 48.7 Å². The average Bonchev–Trinajstić information content (AvgIpc) is 3.27. The Bertz CT molecular complexity index is 2080. The first kappa shape index (κ1) is 40.5. The highest BCUT2D eigenvalue weighted by molar-refractivity contribution is 5.93. The number of hydrogen-bond acceptors (Lipinski definition) is 10. The molecular weight excluding hydrogens is 731 g/mol. The largest absolute Gasteiger partial charge is 0.397 e. The fourth-order valence-electron chi connectivity index (χ4n) is 7.54. The SMILES string of the molecule is Nc1ccccc1NC(=O)CCCCCC(=O)NCc1ccccc1-c1ccc(C2OC(CN3CCN(c4ncccn4)CC3)CC(c3ccc(CO)cc3)O2)cc1. The molecule has 2 aliphatic heterocycles. The van der Waals surface area contributed by atoms with Gasteiger partial charge in [0.15, 0.2) is 6.29 Å². The molecule has 58 heavy (non-hydrogen) atoms. The number of ether oxygens (including phenoxy) is 2. The lowest BCUT2D eigenvalue weighted by molar-refractivity contribution is -0.253. The third-order valence-electron chi connectivity index (χ3n) is 10.8. The normalized spacial score (nSPS) is 18.4. The predicted molar refractivity (Wildman–Crippen MR) is 225 cm³/mol. The molecule has 302 valence electrons. The van der Waals surface area contributed by atoms with Crippen LogP contribution in [0.25, 0.3) is 11.1 Å². The zero-order chi connectivity index (χ0) is 40.1. The van der Waals surface area contributed by atoms with Crippen LogP contribution in [0, 0.1) is 0 Å². The summed E-state index contributed by atoms with van der Waals surface area (Å²) in [7, 11) is 0. The molecule has 2 saturated heterocycles. The van der Waals surface area contributed by atoms with Gasteiger partial charge in [-0.15, -0.1) is 0 Å². The van der Waals surface area contributed by atoms with Crippen LogP contribution in [-0.2, 0) is 32.2 Å². The lowest BCUT2D eigenvalue weighted by Crippen LogP contribution is -2.50. The summed E-state index contributed by atoms with van der Waals surface area (Å²) in [5, 5.41) is 15.6. The molecule has 2 amide bonds. The summed E-state index contributed by atoms with van der Waals surface area (Å²) in [6, 6.07) is 33.4. The van der Waals surface area contributed by atoms with Crippen molar-refractivity contribution in [2.24, 2.45) is 0 Å². The van der Waals surface area contributed by atoms with Gasteiger partial charge in [0.2, 0.25) is 17.8 Å². The Kier molecular flexibility index (Phi) is 14.1. The summed E-state index contributed by atoms with van der Waals surface area (Å²) < 4.78 is 13.3. The van der Waals surface area contributed by atoms with Crippen molar-refractivity contribution in [1.82, 2.24) is 20.2 Å². The van der Waals surface area contributed by atoms with Crippen LogP contribution in [0.15, 0.2) is 116 Å². The maximum absolute atomic E-state index is 12.8. The Morgan fingerprint density at radius 1 is 0.759 bits per heavy atom. The van der Waals surface area contributed by atoms with E-state index in [2.05, 4.69) is 60.7 Å². The summed E-state index contributed by atoms with van der Waals surface area (Å²) in [6.45, 7) is 4.68.